The lowest BCUT2D eigenvalue weighted by Gasteiger charge is -2.30. The maximum atomic E-state index is 11.6. The highest BCUT2D eigenvalue weighted by Crippen LogP contribution is 2.21. The van der Waals surface area contributed by atoms with Crippen LogP contribution < -0.4 is 11.3 Å². The van der Waals surface area contributed by atoms with Crippen LogP contribution in [0.15, 0.2) is 30.3 Å². The van der Waals surface area contributed by atoms with E-state index in [1.807, 2.05) is 30.3 Å². The van der Waals surface area contributed by atoms with Crippen molar-refractivity contribution in [3.63, 3.8) is 0 Å². The van der Waals surface area contributed by atoms with Gasteiger partial charge in [0, 0.05) is 6.61 Å². The molecule has 1 aliphatic heterocycles. The summed E-state index contributed by atoms with van der Waals surface area (Å²) in [5, 5.41) is 0. The van der Waals surface area contributed by atoms with Gasteiger partial charge in [-0.25, -0.2) is 5.84 Å². The van der Waals surface area contributed by atoms with Crippen LogP contribution in [0.3, 0.4) is 0 Å². The Morgan fingerprint density at radius 1 is 1.42 bits per heavy atom. The highest BCUT2D eigenvalue weighted by Gasteiger charge is 2.31. The molecule has 0 saturated carbocycles. The molecule has 0 radical (unpaired) electrons. The predicted molar refractivity (Wildman–Crippen MR) is 70.9 cm³/mol. The Morgan fingerprint density at radius 2 is 2.21 bits per heavy atom. The lowest BCUT2D eigenvalue weighted by Crippen LogP contribution is -2.45. The maximum Gasteiger partial charge on any atom is 0.239 e. The fraction of sp³-hybridized carbons (Fsp3) is 0.500. The molecule has 0 spiro atoms. The average molecular weight is 264 g/mol. The second kappa shape index (κ2) is 7.23. The van der Waals surface area contributed by atoms with Crippen molar-refractivity contribution >= 4 is 5.91 Å². The molecule has 1 aromatic carbocycles. The van der Waals surface area contributed by atoms with Gasteiger partial charge in [-0.15, -0.1) is 0 Å². The molecule has 0 bridgehead atoms. The molecule has 3 N–H and O–H groups in total. The number of rotatable bonds is 5. The van der Waals surface area contributed by atoms with Crippen LogP contribution in [-0.2, 0) is 20.9 Å². The van der Waals surface area contributed by atoms with Gasteiger partial charge in [0.1, 0.15) is 0 Å². The number of hydrogen-bond acceptors (Lipinski definition) is 4. The van der Waals surface area contributed by atoms with Crippen LogP contribution in [-0.4, -0.2) is 25.2 Å². The van der Waals surface area contributed by atoms with Crippen LogP contribution in [0.25, 0.3) is 0 Å². The molecule has 1 amide bonds. The summed E-state index contributed by atoms with van der Waals surface area (Å²) in [6.45, 7) is 1.61. The van der Waals surface area contributed by atoms with Gasteiger partial charge in [0.2, 0.25) is 5.91 Å². The number of nitrogens with two attached hydrogens (primary N) is 1. The first kappa shape index (κ1) is 14.0. The van der Waals surface area contributed by atoms with Gasteiger partial charge < -0.3 is 9.47 Å². The van der Waals surface area contributed by atoms with E-state index in [0.717, 1.165) is 18.4 Å². The highest BCUT2D eigenvalue weighted by molar-refractivity contribution is 5.78. The summed E-state index contributed by atoms with van der Waals surface area (Å²) in [6, 6.07) is 9.92. The molecule has 2 unspecified atom stereocenters. The van der Waals surface area contributed by atoms with Gasteiger partial charge >= 0.3 is 0 Å². The summed E-state index contributed by atoms with van der Waals surface area (Å²) in [5.74, 6) is 4.80. The number of nitrogens with one attached hydrogen (secondary N) is 1. The molecule has 1 heterocycles. The van der Waals surface area contributed by atoms with Crippen LogP contribution in [0.4, 0.5) is 0 Å². The van der Waals surface area contributed by atoms with E-state index in [-0.39, 0.29) is 17.9 Å². The first-order chi connectivity index (χ1) is 9.31. The molecule has 2 rings (SSSR count). The second-order valence-electron chi connectivity index (χ2n) is 4.67. The molecule has 2 atom stereocenters. The van der Waals surface area contributed by atoms with Crippen molar-refractivity contribution in [2.45, 2.75) is 25.6 Å². The van der Waals surface area contributed by atoms with Crippen molar-refractivity contribution in [3.8, 4) is 0 Å². The molecular formula is C14H20N2O3. The van der Waals surface area contributed by atoms with E-state index in [1.54, 1.807) is 0 Å². The summed E-state index contributed by atoms with van der Waals surface area (Å²) in [5.41, 5.74) is 3.31. The third-order valence-corrected chi connectivity index (χ3v) is 3.31. The number of carbonyl (C=O) groups excluding carboxylic acids is 1. The largest absolute Gasteiger partial charge is 0.375 e. The van der Waals surface area contributed by atoms with Gasteiger partial charge in [0.05, 0.1) is 25.2 Å². The number of carbonyl (C=O) groups is 1. The SMILES string of the molecule is NNC(=O)C1CCCOC1COCc1ccccc1. The Morgan fingerprint density at radius 3 is 2.95 bits per heavy atom. The van der Waals surface area contributed by atoms with Crippen LogP contribution in [0.2, 0.25) is 0 Å². The van der Waals surface area contributed by atoms with Crippen molar-refractivity contribution in [2.24, 2.45) is 11.8 Å². The summed E-state index contributed by atoms with van der Waals surface area (Å²) in [7, 11) is 0. The molecule has 0 aliphatic carbocycles. The van der Waals surface area contributed by atoms with Crippen molar-refractivity contribution in [1.29, 1.82) is 0 Å². The summed E-state index contributed by atoms with van der Waals surface area (Å²) >= 11 is 0. The number of amides is 1. The van der Waals surface area contributed by atoms with E-state index < -0.39 is 0 Å². The minimum absolute atomic E-state index is 0.173. The fourth-order valence-corrected chi connectivity index (χ4v) is 2.28. The van der Waals surface area contributed by atoms with Gasteiger partial charge in [0.15, 0.2) is 0 Å². The number of hydrazine groups is 1. The van der Waals surface area contributed by atoms with E-state index in [4.69, 9.17) is 15.3 Å². The summed E-state index contributed by atoms with van der Waals surface area (Å²) < 4.78 is 11.2. The van der Waals surface area contributed by atoms with E-state index in [2.05, 4.69) is 5.43 Å². The minimum Gasteiger partial charge on any atom is -0.375 e. The standard InChI is InChI=1S/C14H20N2O3/c15-16-14(17)12-7-4-8-19-13(12)10-18-9-11-5-2-1-3-6-11/h1-3,5-6,12-13H,4,7-10,15H2,(H,16,17). The summed E-state index contributed by atoms with van der Waals surface area (Å²) in [6.07, 6.45) is 1.47. The first-order valence-corrected chi connectivity index (χ1v) is 6.55. The monoisotopic (exact) mass is 264 g/mol. The van der Waals surface area contributed by atoms with E-state index >= 15 is 0 Å². The Balaban J connectivity index is 1.81. The van der Waals surface area contributed by atoms with Crippen LogP contribution >= 0.6 is 0 Å². The normalized spacial score (nSPS) is 23.0. The molecule has 5 heteroatoms. The molecule has 5 nitrogen and oxygen atoms in total. The molecule has 1 aliphatic rings. The average Bonchev–Trinajstić information content (AvgIpc) is 2.48. The predicted octanol–water partition coefficient (Wildman–Crippen LogP) is 0.988. The minimum atomic E-state index is -0.213. The lowest BCUT2D eigenvalue weighted by molar-refractivity contribution is -0.139. The van der Waals surface area contributed by atoms with Crippen molar-refractivity contribution in [1.82, 2.24) is 5.43 Å². The van der Waals surface area contributed by atoms with Crippen LogP contribution in [0, 0.1) is 5.92 Å². The van der Waals surface area contributed by atoms with Crippen molar-refractivity contribution in [2.75, 3.05) is 13.2 Å². The van der Waals surface area contributed by atoms with Gasteiger partial charge in [-0.2, -0.15) is 0 Å². The van der Waals surface area contributed by atoms with E-state index in [0.29, 0.717) is 19.8 Å². The van der Waals surface area contributed by atoms with E-state index in [1.165, 1.54) is 0 Å². The maximum absolute atomic E-state index is 11.6. The zero-order valence-electron chi connectivity index (χ0n) is 10.9. The van der Waals surface area contributed by atoms with Crippen molar-refractivity contribution in [3.05, 3.63) is 35.9 Å². The van der Waals surface area contributed by atoms with Gasteiger partial charge in [-0.1, -0.05) is 30.3 Å². The molecular weight excluding hydrogens is 244 g/mol. The van der Waals surface area contributed by atoms with Gasteiger partial charge in [-0.05, 0) is 18.4 Å². The second-order valence-corrected chi connectivity index (χ2v) is 4.67. The Kier molecular flexibility index (Phi) is 5.32. The molecule has 0 aromatic heterocycles. The Hall–Kier alpha value is -1.43. The fourth-order valence-electron chi connectivity index (χ4n) is 2.28. The zero-order valence-corrected chi connectivity index (χ0v) is 10.9. The van der Waals surface area contributed by atoms with Gasteiger partial charge in [-0.3, -0.25) is 10.2 Å². The van der Waals surface area contributed by atoms with Crippen molar-refractivity contribution < 1.29 is 14.3 Å². The number of hydrogen-bond donors (Lipinski definition) is 2. The quantitative estimate of drug-likeness (QED) is 0.472. The highest BCUT2D eigenvalue weighted by atomic mass is 16.5. The molecule has 104 valence electrons. The number of benzene rings is 1. The lowest BCUT2D eigenvalue weighted by atomic mass is 9.94. The third kappa shape index (κ3) is 4.02. The van der Waals surface area contributed by atoms with Gasteiger partial charge in [0.25, 0.3) is 0 Å². The Bertz CT molecular complexity index is 397. The topological polar surface area (TPSA) is 73.6 Å². The molecule has 1 fully saturated rings. The molecule has 1 saturated heterocycles. The summed E-state index contributed by atoms with van der Waals surface area (Å²) in [4.78, 5) is 11.6. The van der Waals surface area contributed by atoms with Crippen LogP contribution in [0.1, 0.15) is 18.4 Å². The smallest absolute Gasteiger partial charge is 0.239 e. The Labute approximate surface area is 113 Å². The zero-order chi connectivity index (χ0) is 13.5. The molecule has 19 heavy (non-hydrogen) atoms. The number of ether oxygens (including phenoxy) is 2. The molecule has 1 aromatic rings. The third-order valence-electron chi connectivity index (χ3n) is 3.31. The first-order valence-electron chi connectivity index (χ1n) is 6.55. The van der Waals surface area contributed by atoms with Crippen LogP contribution in [0.5, 0.6) is 0 Å². The van der Waals surface area contributed by atoms with E-state index in [9.17, 15) is 4.79 Å².